The topological polar surface area (TPSA) is 76.1 Å². The molecule has 114 valence electrons. The highest BCUT2D eigenvalue weighted by Crippen LogP contribution is 2.16. The van der Waals surface area contributed by atoms with Gasteiger partial charge >= 0.3 is 5.97 Å². The van der Waals surface area contributed by atoms with Crippen LogP contribution in [0.15, 0.2) is 24.3 Å². The van der Waals surface area contributed by atoms with Crippen molar-refractivity contribution < 1.29 is 24.2 Å². The largest absolute Gasteiger partial charge is 0.493 e. The number of ether oxygens (including phenoxy) is 2. The number of morpholine rings is 1. The van der Waals surface area contributed by atoms with Gasteiger partial charge in [0.2, 0.25) is 5.91 Å². The van der Waals surface area contributed by atoms with E-state index in [0.29, 0.717) is 17.4 Å². The van der Waals surface area contributed by atoms with Crippen LogP contribution in [0.3, 0.4) is 0 Å². The summed E-state index contributed by atoms with van der Waals surface area (Å²) in [6.45, 7) is 0.855. The van der Waals surface area contributed by atoms with Gasteiger partial charge in [-0.1, -0.05) is 11.6 Å². The lowest BCUT2D eigenvalue weighted by Gasteiger charge is -2.32. The minimum atomic E-state index is -1.05. The molecule has 2 rings (SSSR count). The zero-order valence-electron chi connectivity index (χ0n) is 11.3. The summed E-state index contributed by atoms with van der Waals surface area (Å²) in [6, 6.07) is 5.90. The molecule has 0 aliphatic carbocycles. The second kappa shape index (κ2) is 7.28. The minimum absolute atomic E-state index is 0.0269. The molecule has 0 bridgehead atoms. The predicted octanol–water partition coefficient (Wildman–Crippen LogP) is 1.42. The average Bonchev–Trinajstić information content (AvgIpc) is 2.49. The Morgan fingerprint density at radius 2 is 2.10 bits per heavy atom. The van der Waals surface area contributed by atoms with Crippen LogP contribution in [-0.4, -0.2) is 54.3 Å². The summed E-state index contributed by atoms with van der Waals surface area (Å²) in [7, 11) is 0. The van der Waals surface area contributed by atoms with Crippen molar-refractivity contribution in [3.63, 3.8) is 0 Å². The molecule has 7 heteroatoms. The number of halogens is 1. The number of carbonyl (C=O) groups excluding carboxylic acids is 1. The molecule has 0 aromatic heterocycles. The predicted molar refractivity (Wildman–Crippen MR) is 75.5 cm³/mol. The van der Waals surface area contributed by atoms with Crippen molar-refractivity contribution in [1.82, 2.24) is 4.90 Å². The highest BCUT2D eigenvalue weighted by atomic mass is 35.5. The Kier molecular flexibility index (Phi) is 5.41. The van der Waals surface area contributed by atoms with Crippen LogP contribution in [0.25, 0.3) is 0 Å². The van der Waals surface area contributed by atoms with Gasteiger partial charge in [0.1, 0.15) is 5.75 Å². The Labute approximate surface area is 127 Å². The molecule has 1 heterocycles. The highest BCUT2D eigenvalue weighted by molar-refractivity contribution is 6.30. The van der Waals surface area contributed by atoms with Crippen molar-refractivity contribution >= 4 is 23.5 Å². The molecule has 1 amide bonds. The molecule has 0 spiro atoms. The van der Waals surface area contributed by atoms with Gasteiger partial charge in [-0.05, 0) is 24.3 Å². The summed E-state index contributed by atoms with van der Waals surface area (Å²) in [6.07, 6.45) is 0.117. The van der Waals surface area contributed by atoms with E-state index in [9.17, 15) is 9.59 Å². The van der Waals surface area contributed by atoms with Crippen LogP contribution in [0, 0.1) is 0 Å². The summed E-state index contributed by atoms with van der Waals surface area (Å²) in [4.78, 5) is 24.5. The quantitative estimate of drug-likeness (QED) is 0.889. The molecule has 1 saturated heterocycles. The highest BCUT2D eigenvalue weighted by Gasteiger charge is 2.32. The Bertz CT molecular complexity index is 505. The second-order valence-electron chi connectivity index (χ2n) is 4.57. The lowest BCUT2D eigenvalue weighted by molar-refractivity contribution is -0.158. The van der Waals surface area contributed by atoms with Crippen LogP contribution in [-0.2, 0) is 14.3 Å². The first-order valence-electron chi connectivity index (χ1n) is 6.56. The van der Waals surface area contributed by atoms with E-state index in [0.717, 1.165) is 0 Å². The van der Waals surface area contributed by atoms with Gasteiger partial charge in [-0.15, -0.1) is 0 Å². The number of carbonyl (C=O) groups is 2. The van der Waals surface area contributed by atoms with Crippen molar-refractivity contribution in [2.24, 2.45) is 0 Å². The Balaban J connectivity index is 1.83. The molecule has 1 aliphatic heterocycles. The molecular formula is C14H16ClNO5. The average molecular weight is 314 g/mol. The normalized spacial score (nSPS) is 18.3. The van der Waals surface area contributed by atoms with Crippen LogP contribution in [0.4, 0.5) is 0 Å². The number of hydrogen-bond donors (Lipinski definition) is 1. The van der Waals surface area contributed by atoms with Gasteiger partial charge in [0.05, 0.1) is 26.2 Å². The lowest BCUT2D eigenvalue weighted by atomic mass is 10.2. The van der Waals surface area contributed by atoms with E-state index in [-0.39, 0.29) is 32.1 Å². The Morgan fingerprint density at radius 1 is 1.38 bits per heavy atom. The number of rotatable bonds is 5. The van der Waals surface area contributed by atoms with E-state index >= 15 is 0 Å². The van der Waals surface area contributed by atoms with Crippen LogP contribution in [0.2, 0.25) is 5.02 Å². The third-order valence-corrected chi connectivity index (χ3v) is 3.38. The summed E-state index contributed by atoms with van der Waals surface area (Å²) < 4.78 is 10.5. The zero-order valence-corrected chi connectivity index (χ0v) is 12.1. The fourth-order valence-corrected chi connectivity index (χ4v) is 2.16. The van der Waals surface area contributed by atoms with Gasteiger partial charge in [0.25, 0.3) is 0 Å². The van der Waals surface area contributed by atoms with Crippen molar-refractivity contribution in [2.75, 3.05) is 26.4 Å². The molecule has 0 unspecified atom stereocenters. The van der Waals surface area contributed by atoms with E-state index in [2.05, 4.69) is 0 Å². The Morgan fingerprint density at radius 3 is 2.76 bits per heavy atom. The number of benzene rings is 1. The number of amides is 1. The van der Waals surface area contributed by atoms with Gasteiger partial charge in [0, 0.05) is 11.6 Å². The maximum absolute atomic E-state index is 12.1. The number of carboxylic acid groups (broad SMARTS) is 1. The SMILES string of the molecule is O=C(O)[C@@H]1COCCN1C(=O)CCOc1ccc(Cl)cc1. The van der Waals surface area contributed by atoms with Crippen LogP contribution in [0.1, 0.15) is 6.42 Å². The molecule has 1 aromatic carbocycles. The van der Waals surface area contributed by atoms with E-state index < -0.39 is 12.0 Å². The standard InChI is InChI=1S/C14H16ClNO5/c15-10-1-3-11(4-2-10)21-7-5-13(17)16-6-8-20-9-12(16)14(18)19/h1-4,12H,5-9H2,(H,18,19)/t12-/m0/s1. The third-order valence-electron chi connectivity index (χ3n) is 3.13. The van der Waals surface area contributed by atoms with Crippen molar-refractivity contribution in [3.8, 4) is 5.75 Å². The molecule has 1 atom stereocenters. The Hall–Kier alpha value is -1.79. The molecule has 0 radical (unpaired) electrons. The molecular weight excluding hydrogens is 298 g/mol. The summed E-state index contributed by atoms with van der Waals surface area (Å²) in [5.74, 6) is -0.690. The summed E-state index contributed by atoms with van der Waals surface area (Å²) >= 11 is 5.76. The molecule has 21 heavy (non-hydrogen) atoms. The molecule has 1 aliphatic rings. The van der Waals surface area contributed by atoms with Crippen LogP contribution in [0.5, 0.6) is 5.75 Å². The first kappa shape index (κ1) is 15.6. The first-order chi connectivity index (χ1) is 10.1. The van der Waals surface area contributed by atoms with Crippen molar-refractivity contribution in [1.29, 1.82) is 0 Å². The molecule has 0 saturated carbocycles. The van der Waals surface area contributed by atoms with Gasteiger partial charge in [-0.2, -0.15) is 0 Å². The molecule has 1 aromatic rings. The monoisotopic (exact) mass is 313 g/mol. The third kappa shape index (κ3) is 4.34. The molecule has 1 fully saturated rings. The number of carboxylic acids is 1. The lowest BCUT2D eigenvalue weighted by Crippen LogP contribution is -2.52. The van der Waals surface area contributed by atoms with Gasteiger partial charge in [-0.3, -0.25) is 4.79 Å². The van der Waals surface area contributed by atoms with E-state index in [4.69, 9.17) is 26.2 Å². The zero-order chi connectivity index (χ0) is 15.2. The maximum atomic E-state index is 12.1. The van der Waals surface area contributed by atoms with Crippen molar-refractivity contribution in [3.05, 3.63) is 29.3 Å². The van der Waals surface area contributed by atoms with Crippen LogP contribution < -0.4 is 4.74 Å². The summed E-state index contributed by atoms with van der Waals surface area (Å²) in [5.41, 5.74) is 0. The smallest absolute Gasteiger partial charge is 0.328 e. The first-order valence-corrected chi connectivity index (χ1v) is 6.94. The fraction of sp³-hybridized carbons (Fsp3) is 0.429. The second-order valence-corrected chi connectivity index (χ2v) is 5.00. The van der Waals surface area contributed by atoms with Crippen molar-refractivity contribution in [2.45, 2.75) is 12.5 Å². The number of nitrogens with zero attached hydrogens (tertiary/aromatic N) is 1. The number of aliphatic carboxylic acids is 1. The number of hydrogen-bond acceptors (Lipinski definition) is 4. The van der Waals surface area contributed by atoms with Gasteiger partial charge < -0.3 is 19.5 Å². The molecule has 6 nitrogen and oxygen atoms in total. The van der Waals surface area contributed by atoms with Crippen LogP contribution >= 0.6 is 11.6 Å². The van der Waals surface area contributed by atoms with E-state index in [1.165, 1.54) is 4.90 Å². The van der Waals surface area contributed by atoms with Gasteiger partial charge in [0.15, 0.2) is 6.04 Å². The van der Waals surface area contributed by atoms with Gasteiger partial charge in [-0.25, -0.2) is 4.79 Å². The molecule has 1 N–H and O–H groups in total. The minimum Gasteiger partial charge on any atom is -0.493 e. The maximum Gasteiger partial charge on any atom is 0.328 e. The summed E-state index contributed by atoms with van der Waals surface area (Å²) in [5, 5.41) is 9.68. The fourth-order valence-electron chi connectivity index (χ4n) is 2.04. The van der Waals surface area contributed by atoms with E-state index in [1.54, 1.807) is 24.3 Å². The van der Waals surface area contributed by atoms with E-state index in [1.807, 2.05) is 0 Å².